The molecule has 0 radical (unpaired) electrons. The molecular formula is C54H104O6. The molecule has 0 amide bonds. The molecule has 6 nitrogen and oxygen atoms in total. The van der Waals surface area contributed by atoms with Crippen molar-refractivity contribution in [3.63, 3.8) is 0 Å². The van der Waals surface area contributed by atoms with E-state index in [1.54, 1.807) is 0 Å². The Morgan fingerprint density at radius 2 is 0.483 bits per heavy atom. The molecule has 0 rings (SSSR count). The largest absolute Gasteiger partial charge is 0.462 e. The van der Waals surface area contributed by atoms with Crippen LogP contribution in [0.25, 0.3) is 0 Å². The van der Waals surface area contributed by atoms with E-state index in [0.29, 0.717) is 19.3 Å². The minimum Gasteiger partial charge on any atom is -0.462 e. The summed E-state index contributed by atoms with van der Waals surface area (Å²) in [5.41, 5.74) is 0. The maximum Gasteiger partial charge on any atom is 0.306 e. The maximum absolute atomic E-state index is 12.8. The first-order chi connectivity index (χ1) is 29.1. The van der Waals surface area contributed by atoms with Gasteiger partial charge in [-0.3, -0.25) is 14.4 Å². The third-order valence-electron chi connectivity index (χ3n) is 12.1. The molecule has 0 saturated heterocycles. The van der Waals surface area contributed by atoms with Gasteiger partial charge in [0.25, 0.3) is 0 Å². The fraction of sp³-hybridized carbons (Fsp3) is 0.944. The summed E-state index contributed by atoms with van der Waals surface area (Å²) in [7, 11) is 0. The molecule has 0 heterocycles. The Balaban J connectivity index is 4.24. The highest BCUT2D eigenvalue weighted by Crippen LogP contribution is 2.18. The maximum atomic E-state index is 12.8. The smallest absolute Gasteiger partial charge is 0.306 e. The normalized spacial score (nSPS) is 12.2. The van der Waals surface area contributed by atoms with Gasteiger partial charge in [0.15, 0.2) is 6.10 Å². The summed E-state index contributed by atoms with van der Waals surface area (Å²) in [5, 5.41) is 0. The van der Waals surface area contributed by atoms with Gasteiger partial charge in [0.1, 0.15) is 13.2 Å². The third kappa shape index (κ3) is 47.5. The number of hydrogen-bond donors (Lipinski definition) is 0. The van der Waals surface area contributed by atoms with Crippen LogP contribution >= 0.6 is 0 Å². The van der Waals surface area contributed by atoms with Crippen molar-refractivity contribution in [2.24, 2.45) is 17.8 Å². The zero-order valence-electron chi connectivity index (χ0n) is 41.3. The van der Waals surface area contributed by atoms with Crippen molar-refractivity contribution >= 4 is 17.9 Å². The fourth-order valence-corrected chi connectivity index (χ4v) is 8.12. The monoisotopic (exact) mass is 849 g/mol. The van der Waals surface area contributed by atoms with Gasteiger partial charge in [-0.15, -0.1) is 0 Å². The van der Waals surface area contributed by atoms with Crippen molar-refractivity contribution in [2.45, 2.75) is 298 Å². The van der Waals surface area contributed by atoms with Crippen molar-refractivity contribution in [3.05, 3.63) is 0 Å². The van der Waals surface area contributed by atoms with Gasteiger partial charge in [0.05, 0.1) is 0 Å². The predicted molar refractivity (Wildman–Crippen MR) is 256 cm³/mol. The SMILES string of the molecule is CC(C)CCCCCCCCCCCCCCCCCCC(=O)OC[C@@H](COC(=O)CCCCCCCCCC(C)C)OC(=O)CCCCCCCCCCCCC(C)C. The lowest BCUT2D eigenvalue weighted by molar-refractivity contribution is -0.167. The second kappa shape index (κ2) is 45.4. The summed E-state index contributed by atoms with van der Waals surface area (Å²) in [6.07, 6.45) is 45.3. The summed E-state index contributed by atoms with van der Waals surface area (Å²) in [6, 6.07) is 0. The minimum absolute atomic E-state index is 0.0649. The van der Waals surface area contributed by atoms with Crippen molar-refractivity contribution in [1.29, 1.82) is 0 Å². The number of ether oxygens (including phenoxy) is 3. The molecule has 1 atom stereocenters. The number of rotatable bonds is 47. The molecular weight excluding hydrogens is 745 g/mol. The average Bonchev–Trinajstić information content (AvgIpc) is 3.20. The lowest BCUT2D eigenvalue weighted by atomic mass is 10.0. The highest BCUT2D eigenvalue weighted by Gasteiger charge is 2.19. The Bertz CT molecular complexity index is 929. The van der Waals surface area contributed by atoms with Crippen LogP contribution in [0.15, 0.2) is 0 Å². The lowest BCUT2D eigenvalue weighted by Gasteiger charge is -2.18. The molecule has 0 aromatic rings. The van der Waals surface area contributed by atoms with E-state index >= 15 is 0 Å². The van der Waals surface area contributed by atoms with E-state index in [0.717, 1.165) is 75.5 Å². The van der Waals surface area contributed by atoms with Crippen molar-refractivity contribution in [3.8, 4) is 0 Å². The van der Waals surface area contributed by atoms with Crippen LogP contribution in [0.4, 0.5) is 0 Å². The first-order valence-electron chi connectivity index (χ1n) is 26.6. The molecule has 0 aromatic heterocycles. The molecule has 0 N–H and O–H groups in total. The van der Waals surface area contributed by atoms with Gasteiger partial charge in [0, 0.05) is 19.3 Å². The molecule has 356 valence electrons. The Morgan fingerprint density at radius 1 is 0.283 bits per heavy atom. The van der Waals surface area contributed by atoms with Crippen LogP contribution in [0.2, 0.25) is 0 Å². The molecule has 0 aliphatic rings. The average molecular weight is 849 g/mol. The van der Waals surface area contributed by atoms with E-state index in [1.807, 2.05) is 0 Å². The first-order valence-corrected chi connectivity index (χ1v) is 26.6. The van der Waals surface area contributed by atoms with Gasteiger partial charge < -0.3 is 14.2 Å². The molecule has 0 bridgehead atoms. The zero-order chi connectivity index (χ0) is 44.2. The van der Waals surface area contributed by atoms with Gasteiger partial charge in [0.2, 0.25) is 0 Å². The highest BCUT2D eigenvalue weighted by atomic mass is 16.6. The topological polar surface area (TPSA) is 78.9 Å². The Kier molecular flexibility index (Phi) is 44.2. The van der Waals surface area contributed by atoms with Crippen LogP contribution in [0.5, 0.6) is 0 Å². The Hall–Kier alpha value is -1.59. The van der Waals surface area contributed by atoms with Gasteiger partial charge in [-0.05, 0) is 37.0 Å². The van der Waals surface area contributed by atoms with Crippen LogP contribution in [-0.2, 0) is 28.6 Å². The van der Waals surface area contributed by atoms with Crippen molar-refractivity contribution in [2.75, 3.05) is 13.2 Å². The highest BCUT2D eigenvalue weighted by molar-refractivity contribution is 5.71. The Morgan fingerprint density at radius 3 is 0.717 bits per heavy atom. The van der Waals surface area contributed by atoms with E-state index in [1.165, 1.54) is 173 Å². The van der Waals surface area contributed by atoms with Gasteiger partial charge >= 0.3 is 17.9 Å². The van der Waals surface area contributed by atoms with E-state index in [9.17, 15) is 14.4 Å². The van der Waals surface area contributed by atoms with E-state index < -0.39 is 6.10 Å². The fourth-order valence-electron chi connectivity index (χ4n) is 8.12. The first kappa shape index (κ1) is 58.4. The van der Waals surface area contributed by atoms with E-state index in [-0.39, 0.29) is 31.1 Å². The number of carbonyl (C=O) groups is 3. The van der Waals surface area contributed by atoms with Crippen LogP contribution in [0.1, 0.15) is 292 Å². The molecule has 0 unspecified atom stereocenters. The molecule has 0 aromatic carbocycles. The summed E-state index contributed by atoms with van der Waals surface area (Å²) >= 11 is 0. The summed E-state index contributed by atoms with van der Waals surface area (Å²) in [5.74, 6) is 1.60. The second-order valence-electron chi connectivity index (χ2n) is 19.9. The van der Waals surface area contributed by atoms with Crippen molar-refractivity contribution < 1.29 is 28.6 Å². The quantitative estimate of drug-likeness (QED) is 0.0345. The molecule has 0 saturated carbocycles. The predicted octanol–water partition coefficient (Wildman–Crippen LogP) is 17.2. The summed E-state index contributed by atoms with van der Waals surface area (Å²) in [6.45, 7) is 13.7. The minimum atomic E-state index is -0.763. The molecule has 0 aliphatic carbocycles. The van der Waals surface area contributed by atoms with E-state index in [4.69, 9.17) is 14.2 Å². The van der Waals surface area contributed by atoms with Crippen LogP contribution in [-0.4, -0.2) is 37.2 Å². The number of carbonyl (C=O) groups excluding carboxylic acids is 3. The van der Waals surface area contributed by atoms with Crippen LogP contribution in [0.3, 0.4) is 0 Å². The molecule has 60 heavy (non-hydrogen) atoms. The zero-order valence-corrected chi connectivity index (χ0v) is 41.3. The molecule has 6 heteroatoms. The molecule has 0 fully saturated rings. The van der Waals surface area contributed by atoms with Gasteiger partial charge in [-0.2, -0.15) is 0 Å². The third-order valence-corrected chi connectivity index (χ3v) is 12.1. The number of esters is 3. The summed E-state index contributed by atoms with van der Waals surface area (Å²) in [4.78, 5) is 37.9. The number of hydrogen-bond acceptors (Lipinski definition) is 6. The molecule has 0 spiro atoms. The molecule has 0 aliphatic heterocycles. The van der Waals surface area contributed by atoms with Gasteiger partial charge in [-0.25, -0.2) is 0 Å². The second-order valence-corrected chi connectivity index (χ2v) is 19.9. The van der Waals surface area contributed by atoms with Crippen LogP contribution in [0, 0.1) is 17.8 Å². The lowest BCUT2D eigenvalue weighted by Crippen LogP contribution is -2.30. The van der Waals surface area contributed by atoms with E-state index in [2.05, 4.69) is 41.5 Å². The number of unbranched alkanes of at least 4 members (excludes halogenated alkanes) is 30. The van der Waals surface area contributed by atoms with Crippen LogP contribution < -0.4 is 0 Å². The summed E-state index contributed by atoms with van der Waals surface area (Å²) < 4.78 is 16.8. The standard InChI is InChI=1S/C54H104O6/c1-48(2)40-34-28-22-17-13-11-9-7-8-10-12-14-19-25-31-37-43-52(55)58-46-51(47-59-53(56)44-38-32-27-21-24-30-36-42-50(5)6)60-54(57)45-39-33-26-20-16-15-18-23-29-35-41-49(3)4/h48-51H,7-47H2,1-6H3/t51-/m0/s1. The Labute approximate surface area is 374 Å². The van der Waals surface area contributed by atoms with Crippen molar-refractivity contribution in [1.82, 2.24) is 0 Å². The van der Waals surface area contributed by atoms with Gasteiger partial charge in [-0.1, -0.05) is 253 Å².